The first-order valence-corrected chi connectivity index (χ1v) is 9.24. The van der Waals surface area contributed by atoms with Crippen molar-refractivity contribution in [3.8, 4) is 11.1 Å². The fourth-order valence-electron chi connectivity index (χ4n) is 3.73. The second-order valence-electron chi connectivity index (χ2n) is 7.07. The molecule has 0 aromatic heterocycles. The molecule has 2 heteroatoms. The highest BCUT2D eigenvalue weighted by molar-refractivity contribution is 5.96. The van der Waals surface area contributed by atoms with E-state index >= 15 is 0 Å². The van der Waals surface area contributed by atoms with E-state index in [1.807, 2.05) is 0 Å². The van der Waals surface area contributed by atoms with Crippen LogP contribution >= 0.6 is 0 Å². The van der Waals surface area contributed by atoms with Crippen LogP contribution in [0.2, 0.25) is 0 Å². The summed E-state index contributed by atoms with van der Waals surface area (Å²) >= 11 is 0. The lowest BCUT2D eigenvalue weighted by Crippen LogP contribution is -2.30. The van der Waals surface area contributed by atoms with Crippen molar-refractivity contribution in [2.75, 3.05) is 0 Å². The van der Waals surface area contributed by atoms with Gasteiger partial charge in [-0.3, -0.25) is 0 Å². The number of rotatable bonds is 4. The van der Waals surface area contributed by atoms with Gasteiger partial charge in [0.05, 0.1) is 12.7 Å². The summed E-state index contributed by atoms with van der Waals surface area (Å²) < 4.78 is 6.08. The van der Waals surface area contributed by atoms with Crippen LogP contribution in [0.3, 0.4) is 0 Å². The van der Waals surface area contributed by atoms with Crippen LogP contribution < -0.4 is 5.73 Å². The zero-order valence-corrected chi connectivity index (χ0v) is 14.5. The molecule has 0 heterocycles. The first-order chi connectivity index (χ1) is 12.3. The van der Waals surface area contributed by atoms with Crippen molar-refractivity contribution in [3.63, 3.8) is 0 Å². The quantitative estimate of drug-likeness (QED) is 0.704. The van der Waals surface area contributed by atoms with Gasteiger partial charge >= 0.3 is 0 Å². The van der Waals surface area contributed by atoms with Crippen LogP contribution in [0, 0.1) is 0 Å². The molecule has 0 unspecified atom stereocenters. The molecule has 0 saturated heterocycles. The van der Waals surface area contributed by atoms with Crippen LogP contribution in [-0.4, -0.2) is 12.1 Å². The van der Waals surface area contributed by atoms with Gasteiger partial charge in [0.25, 0.3) is 0 Å². The monoisotopic (exact) mass is 331 g/mol. The minimum absolute atomic E-state index is 0.373. The van der Waals surface area contributed by atoms with Gasteiger partial charge in [-0.1, -0.05) is 66.7 Å². The predicted molar refractivity (Wildman–Crippen MR) is 104 cm³/mol. The third kappa shape index (κ3) is 3.76. The van der Waals surface area contributed by atoms with E-state index in [-0.39, 0.29) is 0 Å². The Morgan fingerprint density at radius 2 is 1.52 bits per heavy atom. The molecule has 2 nitrogen and oxygen atoms in total. The van der Waals surface area contributed by atoms with Gasteiger partial charge < -0.3 is 10.5 Å². The van der Waals surface area contributed by atoms with E-state index in [9.17, 15) is 0 Å². The van der Waals surface area contributed by atoms with Crippen molar-refractivity contribution < 1.29 is 4.74 Å². The molecule has 0 bridgehead atoms. The van der Waals surface area contributed by atoms with Gasteiger partial charge in [0.1, 0.15) is 0 Å². The zero-order valence-electron chi connectivity index (χ0n) is 14.5. The predicted octanol–water partition coefficient (Wildman–Crippen LogP) is 5.29. The molecule has 0 amide bonds. The molecule has 0 radical (unpaired) electrons. The minimum Gasteiger partial charge on any atom is -0.374 e. The molecule has 0 spiro atoms. The summed E-state index contributed by atoms with van der Waals surface area (Å²) in [6.45, 7) is 0.690. The molecule has 1 aliphatic rings. The van der Waals surface area contributed by atoms with Crippen LogP contribution in [0.25, 0.3) is 21.9 Å². The van der Waals surface area contributed by atoms with Crippen molar-refractivity contribution in [2.24, 2.45) is 5.73 Å². The van der Waals surface area contributed by atoms with Gasteiger partial charge in [-0.2, -0.15) is 0 Å². The molecule has 4 rings (SSSR count). The summed E-state index contributed by atoms with van der Waals surface area (Å²) in [5.41, 5.74) is 9.73. The van der Waals surface area contributed by atoms with E-state index < -0.39 is 0 Å². The second kappa shape index (κ2) is 7.38. The average Bonchev–Trinajstić information content (AvgIpc) is 2.68. The van der Waals surface area contributed by atoms with Crippen LogP contribution in [0.1, 0.15) is 31.2 Å². The van der Waals surface area contributed by atoms with Gasteiger partial charge in [-0.05, 0) is 53.1 Å². The molecule has 128 valence electrons. The summed E-state index contributed by atoms with van der Waals surface area (Å²) in [5, 5.41) is 2.58. The molecule has 3 aromatic rings. The Bertz CT molecular complexity index is 827. The number of nitrogens with two attached hydrogens (primary N) is 1. The maximum atomic E-state index is 6.08. The van der Waals surface area contributed by atoms with E-state index in [0.717, 1.165) is 25.7 Å². The molecular weight excluding hydrogens is 306 g/mol. The Labute approximate surface area is 149 Å². The maximum Gasteiger partial charge on any atom is 0.0720 e. The molecule has 0 atom stereocenters. The zero-order chi connectivity index (χ0) is 17.1. The van der Waals surface area contributed by atoms with Gasteiger partial charge in [0.15, 0.2) is 0 Å². The minimum atomic E-state index is 0.373. The highest BCUT2D eigenvalue weighted by Crippen LogP contribution is 2.29. The number of fused-ring (bicyclic) bond motifs is 1. The van der Waals surface area contributed by atoms with Crippen molar-refractivity contribution in [2.45, 2.75) is 44.4 Å². The largest absolute Gasteiger partial charge is 0.374 e. The Balaban J connectivity index is 1.46. The van der Waals surface area contributed by atoms with Crippen molar-refractivity contribution in [3.05, 3.63) is 72.3 Å². The van der Waals surface area contributed by atoms with Crippen LogP contribution in [0.15, 0.2) is 66.7 Å². The SMILES string of the molecule is NC1CCC(OCc2ccc(-c3cccc4ccccc34)cc2)CC1. The summed E-state index contributed by atoms with van der Waals surface area (Å²) in [7, 11) is 0. The average molecular weight is 331 g/mol. The standard InChI is InChI=1S/C23H25NO/c24-20-12-14-21(15-13-20)25-16-17-8-10-19(11-9-17)23-7-3-5-18-4-1-2-6-22(18)23/h1-11,20-21H,12-16,24H2. The van der Waals surface area contributed by atoms with Crippen molar-refractivity contribution >= 4 is 10.8 Å². The molecule has 2 N–H and O–H groups in total. The third-order valence-electron chi connectivity index (χ3n) is 5.26. The Morgan fingerprint density at radius 1 is 0.800 bits per heavy atom. The van der Waals surface area contributed by atoms with Gasteiger partial charge in [-0.25, -0.2) is 0 Å². The lowest BCUT2D eigenvalue weighted by molar-refractivity contribution is 0.0138. The Hall–Kier alpha value is -2.16. The molecule has 3 aromatic carbocycles. The summed E-state index contributed by atoms with van der Waals surface area (Å²) in [5.74, 6) is 0. The topological polar surface area (TPSA) is 35.2 Å². The fraction of sp³-hybridized carbons (Fsp3) is 0.304. The normalized spacial score (nSPS) is 20.7. The number of hydrogen-bond acceptors (Lipinski definition) is 2. The highest BCUT2D eigenvalue weighted by atomic mass is 16.5. The number of hydrogen-bond donors (Lipinski definition) is 1. The highest BCUT2D eigenvalue weighted by Gasteiger charge is 2.18. The van der Waals surface area contributed by atoms with Gasteiger partial charge in [0, 0.05) is 6.04 Å². The first kappa shape index (κ1) is 16.3. The summed E-state index contributed by atoms with van der Waals surface area (Å²) in [6.07, 6.45) is 4.73. The van der Waals surface area contributed by atoms with Gasteiger partial charge in [-0.15, -0.1) is 0 Å². The van der Waals surface area contributed by atoms with Crippen molar-refractivity contribution in [1.29, 1.82) is 0 Å². The summed E-state index contributed by atoms with van der Waals surface area (Å²) in [4.78, 5) is 0. The van der Waals surface area contributed by atoms with E-state index in [1.165, 1.54) is 27.5 Å². The molecule has 1 fully saturated rings. The van der Waals surface area contributed by atoms with Crippen molar-refractivity contribution in [1.82, 2.24) is 0 Å². The third-order valence-corrected chi connectivity index (χ3v) is 5.26. The molecule has 1 aliphatic carbocycles. The lowest BCUT2D eigenvalue weighted by Gasteiger charge is -2.26. The van der Waals surface area contributed by atoms with Gasteiger partial charge in [0.2, 0.25) is 0 Å². The molecule has 25 heavy (non-hydrogen) atoms. The number of benzene rings is 3. The lowest BCUT2D eigenvalue weighted by atomic mass is 9.94. The Kier molecular flexibility index (Phi) is 4.82. The molecular formula is C23H25NO. The molecule has 1 saturated carbocycles. The van der Waals surface area contributed by atoms with E-state index in [0.29, 0.717) is 18.8 Å². The Morgan fingerprint density at radius 3 is 2.32 bits per heavy atom. The smallest absolute Gasteiger partial charge is 0.0720 e. The second-order valence-corrected chi connectivity index (χ2v) is 7.07. The van der Waals surface area contributed by atoms with E-state index in [4.69, 9.17) is 10.5 Å². The number of ether oxygens (including phenoxy) is 1. The maximum absolute atomic E-state index is 6.08. The van der Waals surface area contributed by atoms with E-state index in [2.05, 4.69) is 66.7 Å². The van der Waals surface area contributed by atoms with Crippen LogP contribution in [0.4, 0.5) is 0 Å². The van der Waals surface area contributed by atoms with Crippen LogP contribution in [-0.2, 0) is 11.3 Å². The first-order valence-electron chi connectivity index (χ1n) is 9.24. The van der Waals surface area contributed by atoms with Crippen LogP contribution in [0.5, 0.6) is 0 Å². The van der Waals surface area contributed by atoms with E-state index in [1.54, 1.807) is 0 Å². The summed E-state index contributed by atoms with van der Waals surface area (Å²) in [6, 6.07) is 24.2. The fourth-order valence-corrected chi connectivity index (χ4v) is 3.73. The molecule has 0 aliphatic heterocycles.